The average Bonchev–Trinajstić information content (AvgIpc) is 2.98. The lowest BCUT2D eigenvalue weighted by Crippen LogP contribution is -2.06. The number of amides is 1. The number of carbonyl (C=O) groups excluding carboxylic acids is 1. The number of aryl methyl sites for hydroxylation is 1. The van der Waals surface area contributed by atoms with Gasteiger partial charge in [0.1, 0.15) is 5.52 Å². The van der Waals surface area contributed by atoms with Gasteiger partial charge >= 0.3 is 0 Å². The van der Waals surface area contributed by atoms with Crippen molar-refractivity contribution < 1.29 is 9.21 Å². The van der Waals surface area contributed by atoms with Gasteiger partial charge in [-0.3, -0.25) is 4.79 Å². The first kappa shape index (κ1) is 14.1. The van der Waals surface area contributed by atoms with Crippen molar-refractivity contribution in [2.45, 2.75) is 13.3 Å². The summed E-state index contributed by atoms with van der Waals surface area (Å²) < 4.78 is 5.77. The second kappa shape index (κ2) is 5.85. The molecule has 1 heterocycles. The molecule has 1 aromatic heterocycles. The molecule has 0 aliphatic carbocycles. The number of nitrogens with one attached hydrogen (secondary N) is 1. The quantitative estimate of drug-likeness (QED) is 0.734. The number of nitrogens with zero attached hydrogens (tertiary/aromatic N) is 1. The van der Waals surface area contributed by atoms with Gasteiger partial charge in [0, 0.05) is 11.3 Å². The largest absolute Gasteiger partial charge is 0.436 e. The summed E-state index contributed by atoms with van der Waals surface area (Å²) in [6.07, 6.45) is 2.23. The van der Waals surface area contributed by atoms with Gasteiger partial charge in [0.25, 0.3) is 0 Å². The molecule has 0 unspecified atom stereocenters. The summed E-state index contributed by atoms with van der Waals surface area (Å²) >= 11 is 0. The van der Waals surface area contributed by atoms with Crippen LogP contribution in [0.4, 0.5) is 5.69 Å². The van der Waals surface area contributed by atoms with Crippen LogP contribution in [0.15, 0.2) is 59.5 Å². The highest BCUT2D eigenvalue weighted by molar-refractivity contribution is 5.99. The van der Waals surface area contributed by atoms with E-state index in [1.807, 2.05) is 12.1 Å². The zero-order valence-corrected chi connectivity index (χ0v) is 12.3. The molecule has 0 aliphatic rings. The molecule has 0 spiro atoms. The van der Waals surface area contributed by atoms with Crippen molar-refractivity contribution in [3.63, 3.8) is 0 Å². The van der Waals surface area contributed by atoms with E-state index in [1.165, 1.54) is 11.6 Å². The maximum Gasteiger partial charge on any atom is 0.247 e. The SMILES string of the molecule is C=CC(=O)Nc1ccc2oc(-c3ccc(CC)cc3)nc2c1. The third-order valence-electron chi connectivity index (χ3n) is 3.45. The van der Waals surface area contributed by atoms with Crippen molar-refractivity contribution in [1.29, 1.82) is 0 Å². The molecule has 0 saturated heterocycles. The van der Waals surface area contributed by atoms with Crippen molar-refractivity contribution >= 4 is 22.7 Å². The van der Waals surface area contributed by atoms with Crippen LogP contribution in [0.2, 0.25) is 0 Å². The van der Waals surface area contributed by atoms with E-state index in [4.69, 9.17) is 4.42 Å². The molecule has 0 fully saturated rings. The minimum Gasteiger partial charge on any atom is -0.436 e. The Labute approximate surface area is 128 Å². The molecular formula is C18H16N2O2. The molecule has 0 saturated carbocycles. The third-order valence-corrected chi connectivity index (χ3v) is 3.45. The first-order valence-electron chi connectivity index (χ1n) is 7.13. The molecule has 1 N–H and O–H groups in total. The summed E-state index contributed by atoms with van der Waals surface area (Å²) in [4.78, 5) is 15.8. The Morgan fingerprint density at radius 3 is 2.73 bits per heavy atom. The highest BCUT2D eigenvalue weighted by Gasteiger charge is 2.09. The van der Waals surface area contributed by atoms with Gasteiger partial charge in [-0.2, -0.15) is 0 Å². The lowest BCUT2D eigenvalue weighted by atomic mass is 10.1. The predicted molar refractivity (Wildman–Crippen MR) is 87.6 cm³/mol. The Bertz CT molecular complexity index is 832. The van der Waals surface area contributed by atoms with E-state index < -0.39 is 0 Å². The van der Waals surface area contributed by atoms with Crippen LogP contribution in [0, 0.1) is 0 Å². The summed E-state index contributed by atoms with van der Waals surface area (Å²) in [6, 6.07) is 13.5. The Morgan fingerprint density at radius 2 is 2.05 bits per heavy atom. The molecule has 110 valence electrons. The van der Waals surface area contributed by atoms with Crippen LogP contribution < -0.4 is 5.32 Å². The van der Waals surface area contributed by atoms with E-state index >= 15 is 0 Å². The minimum absolute atomic E-state index is 0.252. The molecule has 4 heteroatoms. The average molecular weight is 292 g/mol. The van der Waals surface area contributed by atoms with Gasteiger partial charge in [-0.25, -0.2) is 4.98 Å². The first-order valence-corrected chi connectivity index (χ1v) is 7.13. The van der Waals surface area contributed by atoms with Gasteiger partial charge in [0.05, 0.1) is 0 Å². The van der Waals surface area contributed by atoms with Crippen LogP contribution >= 0.6 is 0 Å². The number of aromatic nitrogens is 1. The number of rotatable bonds is 4. The molecule has 3 aromatic rings. The van der Waals surface area contributed by atoms with Crippen molar-refractivity contribution in [3.8, 4) is 11.5 Å². The lowest BCUT2D eigenvalue weighted by Gasteiger charge is -2.00. The second-order valence-corrected chi connectivity index (χ2v) is 4.95. The van der Waals surface area contributed by atoms with Crippen LogP contribution in [-0.2, 0) is 11.2 Å². The zero-order chi connectivity index (χ0) is 15.5. The molecule has 3 rings (SSSR count). The number of fused-ring (bicyclic) bond motifs is 1. The Hall–Kier alpha value is -2.88. The maximum absolute atomic E-state index is 11.3. The maximum atomic E-state index is 11.3. The van der Waals surface area contributed by atoms with Gasteiger partial charge in [0.2, 0.25) is 11.8 Å². The number of hydrogen-bond donors (Lipinski definition) is 1. The normalized spacial score (nSPS) is 10.6. The van der Waals surface area contributed by atoms with E-state index in [0.29, 0.717) is 22.7 Å². The molecule has 0 aliphatic heterocycles. The molecule has 2 aromatic carbocycles. The van der Waals surface area contributed by atoms with Crippen molar-refractivity contribution in [3.05, 3.63) is 60.7 Å². The number of oxazole rings is 1. The topological polar surface area (TPSA) is 55.1 Å². The van der Waals surface area contributed by atoms with Gasteiger partial charge in [-0.1, -0.05) is 25.6 Å². The summed E-state index contributed by atoms with van der Waals surface area (Å²) in [7, 11) is 0. The van der Waals surface area contributed by atoms with Crippen molar-refractivity contribution in [1.82, 2.24) is 4.98 Å². The van der Waals surface area contributed by atoms with Crippen molar-refractivity contribution in [2.75, 3.05) is 5.32 Å². The van der Waals surface area contributed by atoms with Gasteiger partial charge < -0.3 is 9.73 Å². The van der Waals surface area contributed by atoms with Gasteiger partial charge in [-0.05, 0) is 48.4 Å². The van der Waals surface area contributed by atoms with Crippen LogP contribution in [0.1, 0.15) is 12.5 Å². The Kier molecular flexibility index (Phi) is 3.74. The first-order chi connectivity index (χ1) is 10.7. The molecule has 0 bridgehead atoms. The van der Waals surface area contributed by atoms with Crippen LogP contribution in [-0.4, -0.2) is 10.9 Å². The number of hydrogen-bond acceptors (Lipinski definition) is 3. The smallest absolute Gasteiger partial charge is 0.247 e. The lowest BCUT2D eigenvalue weighted by molar-refractivity contribution is -0.111. The molecule has 0 radical (unpaired) electrons. The summed E-state index contributed by atoms with van der Waals surface area (Å²) in [5.41, 5.74) is 4.26. The third kappa shape index (κ3) is 2.76. The van der Waals surface area contributed by atoms with Crippen LogP contribution in [0.3, 0.4) is 0 Å². The number of anilines is 1. The van der Waals surface area contributed by atoms with Gasteiger partial charge in [0.15, 0.2) is 5.58 Å². The minimum atomic E-state index is -0.252. The van der Waals surface area contributed by atoms with Gasteiger partial charge in [-0.15, -0.1) is 0 Å². The fourth-order valence-electron chi connectivity index (χ4n) is 2.20. The molecular weight excluding hydrogens is 276 g/mol. The molecule has 4 nitrogen and oxygen atoms in total. The highest BCUT2D eigenvalue weighted by atomic mass is 16.3. The molecule has 0 atom stereocenters. The van der Waals surface area contributed by atoms with E-state index in [-0.39, 0.29) is 5.91 Å². The summed E-state index contributed by atoms with van der Waals surface area (Å²) in [5, 5.41) is 2.71. The highest BCUT2D eigenvalue weighted by Crippen LogP contribution is 2.26. The number of carbonyl (C=O) groups is 1. The fourth-order valence-corrected chi connectivity index (χ4v) is 2.20. The summed E-state index contributed by atoms with van der Waals surface area (Å²) in [5.74, 6) is 0.322. The number of benzene rings is 2. The summed E-state index contributed by atoms with van der Waals surface area (Å²) in [6.45, 7) is 5.55. The van der Waals surface area contributed by atoms with E-state index in [9.17, 15) is 4.79 Å². The standard InChI is InChI=1S/C18H16N2O2/c1-3-12-5-7-13(8-6-12)18-20-15-11-14(19-17(21)4-2)9-10-16(15)22-18/h4-11H,2-3H2,1H3,(H,19,21). The fraction of sp³-hybridized carbons (Fsp3) is 0.111. The zero-order valence-electron chi connectivity index (χ0n) is 12.3. The van der Waals surface area contributed by atoms with Crippen LogP contribution in [0.25, 0.3) is 22.6 Å². The van der Waals surface area contributed by atoms with Crippen LogP contribution in [0.5, 0.6) is 0 Å². The molecule has 1 amide bonds. The van der Waals surface area contributed by atoms with Crippen molar-refractivity contribution in [2.24, 2.45) is 0 Å². The van der Waals surface area contributed by atoms with E-state index in [0.717, 1.165) is 12.0 Å². The predicted octanol–water partition coefficient (Wildman–Crippen LogP) is 4.18. The Balaban J connectivity index is 1.94. The molecule has 22 heavy (non-hydrogen) atoms. The van der Waals surface area contributed by atoms with E-state index in [2.05, 4.69) is 35.9 Å². The van der Waals surface area contributed by atoms with E-state index in [1.54, 1.807) is 18.2 Å². The Morgan fingerprint density at radius 1 is 1.27 bits per heavy atom. The monoisotopic (exact) mass is 292 g/mol. The second-order valence-electron chi connectivity index (χ2n) is 4.95.